The first-order valence-corrected chi connectivity index (χ1v) is 3.48. The van der Waals surface area contributed by atoms with Crippen molar-refractivity contribution >= 4 is 5.71 Å². The van der Waals surface area contributed by atoms with E-state index in [1.165, 1.54) is 0 Å². The third kappa shape index (κ3) is 0.904. The molecule has 0 saturated heterocycles. The predicted octanol–water partition coefficient (Wildman–Crippen LogP) is 0.998. The molecule has 0 aliphatic heterocycles. The van der Waals surface area contributed by atoms with Gasteiger partial charge in [-0.1, -0.05) is 19.0 Å². The van der Waals surface area contributed by atoms with Crippen molar-refractivity contribution in [2.75, 3.05) is 0 Å². The minimum atomic E-state index is -0.349. The molecule has 0 heterocycles. The van der Waals surface area contributed by atoms with Gasteiger partial charge in [0.05, 0.1) is 11.8 Å². The fourth-order valence-electron chi connectivity index (χ4n) is 1.33. The molecule has 0 spiro atoms. The standard InChI is InChI=1S/C7H13NO2/c1-7(2)5(8-10)3-4-6(7)9/h6,9-10H,3-4H2,1-2H3/b8-5+/t6-/m1/s1. The molecule has 58 valence electrons. The molecule has 0 unspecified atom stereocenters. The predicted molar refractivity (Wildman–Crippen MR) is 38.2 cm³/mol. The van der Waals surface area contributed by atoms with E-state index in [0.717, 1.165) is 0 Å². The summed E-state index contributed by atoms with van der Waals surface area (Å²) in [6, 6.07) is 0. The number of rotatable bonds is 0. The first-order valence-electron chi connectivity index (χ1n) is 3.48. The number of hydrogen-bond acceptors (Lipinski definition) is 3. The first-order chi connectivity index (χ1) is 4.59. The summed E-state index contributed by atoms with van der Waals surface area (Å²) < 4.78 is 0. The Morgan fingerprint density at radius 2 is 2.20 bits per heavy atom. The quantitative estimate of drug-likeness (QED) is 0.392. The first kappa shape index (κ1) is 7.54. The lowest BCUT2D eigenvalue weighted by Gasteiger charge is -2.21. The van der Waals surface area contributed by atoms with Crippen molar-refractivity contribution in [1.82, 2.24) is 0 Å². The van der Waals surface area contributed by atoms with Crippen molar-refractivity contribution in [3.63, 3.8) is 0 Å². The molecule has 3 heteroatoms. The molecule has 3 nitrogen and oxygen atoms in total. The highest BCUT2D eigenvalue weighted by Gasteiger charge is 2.39. The molecule has 0 aromatic rings. The summed E-state index contributed by atoms with van der Waals surface area (Å²) in [6.45, 7) is 3.78. The van der Waals surface area contributed by atoms with Gasteiger partial charge in [0, 0.05) is 5.41 Å². The molecule has 0 amide bonds. The fourth-order valence-corrected chi connectivity index (χ4v) is 1.33. The summed E-state index contributed by atoms with van der Waals surface area (Å²) in [5.74, 6) is 0. The Hall–Kier alpha value is -0.570. The van der Waals surface area contributed by atoms with Gasteiger partial charge < -0.3 is 10.3 Å². The molecular weight excluding hydrogens is 130 g/mol. The van der Waals surface area contributed by atoms with E-state index >= 15 is 0 Å². The third-order valence-electron chi connectivity index (χ3n) is 2.35. The van der Waals surface area contributed by atoms with Crippen molar-refractivity contribution < 1.29 is 10.3 Å². The van der Waals surface area contributed by atoms with Crippen LogP contribution in [0.4, 0.5) is 0 Å². The van der Waals surface area contributed by atoms with Gasteiger partial charge in [-0.25, -0.2) is 0 Å². The third-order valence-corrected chi connectivity index (χ3v) is 2.35. The summed E-state index contributed by atoms with van der Waals surface area (Å²) in [7, 11) is 0. The Morgan fingerprint density at radius 3 is 2.40 bits per heavy atom. The second-order valence-corrected chi connectivity index (χ2v) is 3.32. The molecule has 1 fully saturated rings. The van der Waals surface area contributed by atoms with E-state index in [0.29, 0.717) is 18.6 Å². The highest BCUT2D eigenvalue weighted by molar-refractivity contribution is 5.91. The van der Waals surface area contributed by atoms with Crippen molar-refractivity contribution in [3.05, 3.63) is 0 Å². The van der Waals surface area contributed by atoms with Gasteiger partial charge in [0.15, 0.2) is 0 Å². The Bertz CT molecular complexity index is 163. The van der Waals surface area contributed by atoms with Crippen LogP contribution in [0.1, 0.15) is 26.7 Å². The normalized spacial score (nSPS) is 35.1. The molecule has 1 atom stereocenters. The molecule has 1 saturated carbocycles. The van der Waals surface area contributed by atoms with Crippen molar-refractivity contribution in [1.29, 1.82) is 0 Å². The molecule has 1 rings (SSSR count). The van der Waals surface area contributed by atoms with Gasteiger partial charge in [-0.2, -0.15) is 0 Å². The minimum Gasteiger partial charge on any atom is -0.411 e. The number of aliphatic hydroxyl groups excluding tert-OH is 1. The summed E-state index contributed by atoms with van der Waals surface area (Å²) in [5, 5.41) is 21.0. The summed E-state index contributed by atoms with van der Waals surface area (Å²) in [4.78, 5) is 0. The number of oxime groups is 1. The molecule has 0 radical (unpaired) electrons. The average Bonchev–Trinajstić information content (AvgIpc) is 2.10. The zero-order valence-electron chi connectivity index (χ0n) is 6.33. The van der Waals surface area contributed by atoms with Crippen LogP contribution in [0.3, 0.4) is 0 Å². The maximum absolute atomic E-state index is 9.37. The topological polar surface area (TPSA) is 52.8 Å². The number of hydrogen-bond donors (Lipinski definition) is 2. The highest BCUT2D eigenvalue weighted by Crippen LogP contribution is 2.34. The van der Waals surface area contributed by atoms with E-state index < -0.39 is 0 Å². The van der Waals surface area contributed by atoms with E-state index in [1.54, 1.807) is 0 Å². The van der Waals surface area contributed by atoms with Gasteiger partial charge in [-0.15, -0.1) is 0 Å². The van der Waals surface area contributed by atoms with Crippen molar-refractivity contribution in [2.45, 2.75) is 32.8 Å². The van der Waals surface area contributed by atoms with E-state index in [4.69, 9.17) is 5.21 Å². The maximum Gasteiger partial charge on any atom is 0.0653 e. The van der Waals surface area contributed by atoms with Gasteiger partial charge in [0.1, 0.15) is 0 Å². The van der Waals surface area contributed by atoms with E-state index in [-0.39, 0.29) is 11.5 Å². The molecule has 10 heavy (non-hydrogen) atoms. The lowest BCUT2D eigenvalue weighted by Crippen LogP contribution is -2.28. The molecule has 1 aliphatic rings. The Morgan fingerprint density at radius 1 is 1.60 bits per heavy atom. The summed E-state index contributed by atoms with van der Waals surface area (Å²) in [6.07, 6.45) is 1.08. The van der Waals surface area contributed by atoms with Crippen LogP contribution in [0.2, 0.25) is 0 Å². The molecule has 1 aliphatic carbocycles. The largest absolute Gasteiger partial charge is 0.411 e. The van der Waals surface area contributed by atoms with Gasteiger partial charge >= 0.3 is 0 Å². The fraction of sp³-hybridized carbons (Fsp3) is 0.857. The molecule has 0 bridgehead atoms. The van der Waals surface area contributed by atoms with Crippen LogP contribution in [0.25, 0.3) is 0 Å². The number of nitrogens with zero attached hydrogens (tertiary/aromatic N) is 1. The van der Waals surface area contributed by atoms with E-state index in [9.17, 15) is 5.11 Å². The minimum absolute atomic E-state index is 0.325. The van der Waals surface area contributed by atoms with Gasteiger partial charge in [0.2, 0.25) is 0 Å². The Balaban J connectivity index is 2.84. The summed E-state index contributed by atoms with van der Waals surface area (Å²) >= 11 is 0. The van der Waals surface area contributed by atoms with Gasteiger partial charge in [-0.3, -0.25) is 0 Å². The van der Waals surface area contributed by atoms with Crippen molar-refractivity contribution in [3.8, 4) is 0 Å². The van der Waals surface area contributed by atoms with Crippen LogP contribution in [-0.2, 0) is 0 Å². The van der Waals surface area contributed by atoms with Crippen LogP contribution in [-0.4, -0.2) is 22.1 Å². The van der Waals surface area contributed by atoms with Crippen LogP contribution in [0, 0.1) is 5.41 Å². The molecular formula is C7H13NO2. The van der Waals surface area contributed by atoms with E-state index in [2.05, 4.69) is 5.16 Å². The summed E-state index contributed by atoms with van der Waals surface area (Å²) in [5.41, 5.74) is 0.384. The number of aliphatic hydroxyl groups is 1. The molecule has 0 aromatic heterocycles. The SMILES string of the molecule is CC1(C)/C(=N/O)CC[C@H]1O. The second-order valence-electron chi connectivity index (χ2n) is 3.32. The molecule has 2 N–H and O–H groups in total. The monoisotopic (exact) mass is 143 g/mol. The second kappa shape index (κ2) is 2.23. The van der Waals surface area contributed by atoms with Gasteiger partial charge in [0.25, 0.3) is 0 Å². The Labute approximate surface area is 60.4 Å². The lowest BCUT2D eigenvalue weighted by molar-refractivity contribution is 0.104. The zero-order valence-corrected chi connectivity index (χ0v) is 6.33. The van der Waals surface area contributed by atoms with Crippen LogP contribution in [0.5, 0.6) is 0 Å². The van der Waals surface area contributed by atoms with Crippen LogP contribution < -0.4 is 0 Å². The van der Waals surface area contributed by atoms with Crippen LogP contribution >= 0.6 is 0 Å². The molecule has 0 aromatic carbocycles. The van der Waals surface area contributed by atoms with E-state index in [1.807, 2.05) is 13.8 Å². The van der Waals surface area contributed by atoms with Gasteiger partial charge in [-0.05, 0) is 12.8 Å². The lowest BCUT2D eigenvalue weighted by atomic mass is 9.88. The average molecular weight is 143 g/mol. The zero-order chi connectivity index (χ0) is 7.78. The Kier molecular flexibility index (Phi) is 1.68. The highest BCUT2D eigenvalue weighted by atomic mass is 16.4. The van der Waals surface area contributed by atoms with Crippen molar-refractivity contribution in [2.24, 2.45) is 10.6 Å². The maximum atomic E-state index is 9.37. The smallest absolute Gasteiger partial charge is 0.0653 e. The van der Waals surface area contributed by atoms with Crippen LogP contribution in [0.15, 0.2) is 5.16 Å².